The average molecular weight is 536 g/mol. The third kappa shape index (κ3) is 5.81. The summed E-state index contributed by atoms with van der Waals surface area (Å²) in [6.45, 7) is 2.76. The molecule has 0 saturated heterocycles. The van der Waals surface area contributed by atoms with Gasteiger partial charge >= 0.3 is 0 Å². The Morgan fingerprint density at radius 1 is 1.13 bits per heavy atom. The number of amides is 1. The zero-order valence-corrected chi connectivity index (χ0v) is 20.1. The van der Waals surface area contributed by atoms with Crippen LogP contribution in [0.5, 0.6) is 11.5 Å². The van der Waals surface area contributed by atoms with Crippen molar-refractivity contribution in [3.05, 3.63) is 48.0 Å². The molecule has 0 radical (unpaired) electrons. The lowest BCUT2D eigenvalue weighted by Crippen LogP contribution is -2.33. The Hall–Kier alpha value is -2.49. The first kappa shape index (κ1) is 23.2. The van der Waals surface area contributed by atoms with Gasteiger partial charge in [0.05, 0.1) is 13.2 Å². The van der Waals surface area contributed by atoms with Crippen LogP contribution < -0.4 is 25.0 Å². The van der Waals surface area contributed by atoms with Gasteiger partial charge in [0, 0.05) is 50.4 Å². The van der Waals surface area contributed by atoms with E-state index in [0.29, 0.717) is 32.1 Å². The fraction of sp³-hybridized carbons (Fsp3) is 0.391. The molecule has 0 saturated carbocycles. The molecule has 7 nitrogen and oxygen atoms in total. The van der Waals surface area contributed by atoms with Gasteiger partial charge in [-0.3, -0.25) is 9.79 Å². The maximum atomic E-state index is 12.6. The van der Waals surface area contributed by atoms with Gasteiger partial charge in [0.25, 0.3) is 0 Å². The molecule has 2 aromatic rings. The van der Waals surface area contributed by atoms with Crippen molar-refractivity contribution < 1.29 is 14.3 Å². The highest BCUT2D eigenvalue weighted by atomic mass is 127. The number of hydrogen-bond donors (Lipinski definition) is 2. The predicted molar refractivity (Wildman–Crippen MR) is 134 cm³/mol. The smallest absolute Gasteiger partial charge is 0.227 e. The third-order valence-corrected chi connectivity index (χ3v) is 5.28. The van der Waals surface area contributed by atoms with Crippen LogP contribution in [0.1, 0.15) is 24.8 Å². The van der Waals surface area contributed by atoms with E-state index < -0.39 is 0 Å². The number of nitrogens with zero attached hydrogens (tertiary/aromatic N) is 2. The predicted octanol–water partition coefficient (Wildman–Crippen LogP) is 3.82. The molecule has 166 valence electrons. The number of anilines is 2. The standard InChI is InChI=1S/C23H28N4O3.HI/c1-24-23(26-18-9-10-20-21(16-18)30-15-5-14-29-20)25-12-4-8-22(28)27-13-11-17-6-2-3-7-19(17)27;/h2-3,6-7,9-10,16H,4-5,8,11-15H2,1H3,(H2,24,25,26);1H. The van der Waals surface area contributed by atoms with E-state index >= 15 is 0 Å². The van der Waals surface area contributed by atoms with E-state index in [1.165, 1.54) is 5.56 Å². The molecule has 1 amide bonds. The summed E-state index contributed by atoms with van der Waals surface area (Å²) in [5.74, 6) is 2.34. The third-order valence-electron chi connectivity index (χ3n) is 5.28. The number of hydrogen-bond acceptors (Lipinski definition) is 4. The number of halogens is 1. The number of benzene rings is 2. The Balaban J connectivity index is 0.00000272. The van der Waals surface area contributed by atoms with Gasteiger partial charge in [-0.2, -0.15) is 0 Å². The minimum absolute atomic E-state index is 0. The minimum atomic E-state index is 0. The summed E-state index contributed by atoms with van der Waals surface area (Å²) < 4.78 is 11.4. The van der Waals surface area contributed by atoms with Crippen LogP contribution in [0.4, 0.5) is 11.4 Å². The van der Waals surface area contributed by atoms with Crippen molar-refractivity contribution in [3.63, 3.8) is 0 Å². The molecule has 0 aromatic heterocycles. The van der Waals surface area contributed by atoms with E-state index in [-0.39, 0.29) is 29.9 Å². The van der Waals surface area contributed by atoms with E-state index in [1.807, 2.05) is 41.3 Å². The summed E-state index contributed by atoms with van der Waals surface area (Å²) in [5, 5.41) is 6.53. The second-order valence-electron chi connectivity index (χ2n) is 7.36. The molecule has 0 bridgehead atoms. The molecule has 2 heterocycles. The van der Waals surface area contributed by atoms with Crippen LogP contribution in [0.15, 0.2) is 47.5 Å². The van der Waals surface area contributed by atoms with Gasteiger partial charge in [-0.15, -0.1) is 24.0 Å². The Labute approximate surface area is 200 Å². The molecule has 2 N–H and O–H groups in total. The summed E-state index contributed by atoms with van der Waals surface area (Å²) in [6.07, 6.45) is 3.05. The number of ether oxygens (including phenoxy) is 2. The first-order chi connectivity index (χ1) is 14.7. The first-order valence-electron chi connectivity index (χ1n) is 10.5. The van der Waals surface area contributed by atoms with Gasteiger partial charge in [0.15, 0.2) is 17.5 Å². The van der Waals surface area contributed by atoms with Crippen molar-refractivity contribution in [1.29, 1.82) is 0 Å². The normalized spacial score (nSPS) is 14.9. The largest absolute Gasteiger partial charge is 0.490 e. The van der Waals surface area contributed by atoms with Crippen molar-refractivity contribution in [1.82, 2.24) is 5.32 Å². The molecule has 8 heteroatoms. The van der Waals surface area contributed by atoms with Crippen LogP contribution in [0, 0.1) is 0 Å². The lowest BCUT2D eigenvalue weighted by Gasteiger charge is -2.18. The fourth-order valence-electron chi connectivity index (χ4n) is 3.74. The second-order valence-corrected chi connectivity index (χ2v) is 7.36. The van der Waals surface area contributed by atoms with Crippen LogP contribution in [-0.4, -0.2) is 45.2 Å². The molecular formula is C23H29IN4O3. The maximum absolute atomic E-state index is 12.6. The van der Waals surface area contributed by atoms with Crippen LogP contribution in [0.25, 0.3) is 0 Å². The quantitative estimate of drug-likeness (QED) is 0.263. The molecule has 0 spiro atoms. The van der Waals surface area contributed by atoms with Crippen LogP contribution in [0.3, 0.4) is 0 Å². The zero-order valence-electron chi connectivity index (χ0n) is 17.7. The Morgan fingerprint density at radius 3 is 2.77 bits per heavy atom. The van der Waals surface area contributed by atoms with Gasteiger partial charge < -0.3 is 25.0 Å². The lowest BCUT2D eigenvalue weighted by atomic mass is 10.2. The van der Waals surface area contributed by atoms with Crippen LogP contribution in [-0.2, 0) is 11.2 Å². The number of rotatable bonds is 5. The number of guanidine groups is 1. The molecule has 2 aliphatic heterocycles. The second kappa shape index (κ2) is 11.2. The number of carbonyl (C=O) groups excluding carboxylic acids is 1. The fourth-order valence-corrected chi connectivity index (χ4v) is 3.74. The van der Waals surface area contributed by atoms with Crippen molar-refractivity contribution in [2.24, 2.45) is 4.99 Å². The van der Waals surface area contributed by atoms with E-state index in [9.17, 15) is 4.79 Å². The molecule has 0 aliphatic carbocycles. The summed E-state index contributed by atoms with van der Waals surface area (Å²) in [4.78, 5) is 18.8. The SMILES string of the molecule is CN=C(NCCCC(=O)N1CCc2ccccc21)Nc1ccc2c(c1)OCCCO2.I. The summed E-state index contributed by atoms with van der Waals surface area (Å²) in [6, 6.07) is 13.9. The Morgan fingerprint density at radius 2 is 1.94 bits per heavy atom. The molecule has 0 fully saturated rings. The first-order valence-corrected chi connectivity index (χ1v) is 10.5. The van der Waals surface area contributed by atoms with Crippen molar-refractivity contribution in [2.45, 2.75) is 25.7 Å². The van der Waals surface area contributed by atoms with Crippen molar-refractivity contribution in [2.75, 3.05) is 43.6 Å². The number of nitrogens with one attached hydrogen (secondary N) is 2. The van der Waals surface area contributed by atoms with E-state index in [1.54, 1.807) is 7.05 Å². The van der Waals surface area contributed by atoms with Crippen molar-refractivity contribution >= 4 is 47.2 Å². The topological polar surface area (TPSA) is 75.2 Å². The summed E-state index contributed by atoms with van der Waals surface area (Å²) in [7, 11) is 1.73. The number of aliphatic imine (C=N–C) groups is 1. The minimum Gasteiger partial charge on any atom is -0.490 e. The van der Waals surface area contributed by atoms with Crippen LogP contribution >= 0.6 is 24.0 Å². The maximum Gasteiger partial charge on any atom is 0.227 e. The highest BCUT2D eigenvalue weighted by molar-refractivity contribution is 14.0. The number of para-hydroxylation sites is 1. The average Bonchev–Trinajstić information content (AvgIpc) is 3.07. The van der Waals surface area contributed by atoms with E-state index in [4.69, 9.17) is 9.47 Å². The molecule has 4 rings (SSSR count). The van der Waals surface area contributed by atoms with Crippen LogP contribution in [0.2, 0.25) is 0 Å². The zero-order chi connectivity index (χ0) is 20.8. The van der Waals surface area contributed by atoms with Gasteiger partial charge in [-0.1, -0.05) is 18.2 Å². The molecule has 31 heavy (non-hydrogen) atoms. The highest BCUT2D eigenvalue weighted by Gasteiger charge is 2.23. The summed E-state index contributed by atoms with van der Waals surface area (Å²) >= 11 is 0. The molecule has 0 atom stereocenters. The van der Waals surface area contributed by atoms with Gasteiger partial charge in [0.1, 0.15) is 0 Å². The number of carbonyl (C=O) groups is 1. The highest BCUT2D eigenvalue weighted by Crippen LogP contribution is 2.32. The van der Waals surface area contributed by atoms with Gasteiger partial charge in [0.2, 0.25) is 5.91 Å². The summed E-state index contributed by atoms with van der Waals surface area (Å²) in [5.41, 5.74) is 3.18. The van der Waals surface area contributed by atoms with Gasteiger partial charge in [-0.05, 0) is 36.6 Å². The Kier molecular flexibility index (Phi) is 8.39. The molecule has 2 aliphatic rings. The van der Waals surface area contributed by atoms with E-state index in [0.717, 1.165) is 48.7 Å². The lowest BCUT2D eigenvalue weighted by molar-refractivity contribution is -0.118. The van der Waals surface area contributed by atoms with E-state index in [2.05, 4.69) is 21.7 Å². The number of fused-ring (bicyclic) bond motifs is 2. The molecule has 2 aromatic carbocycles. The van der Waals surface area contributed by atoms with Crippen molar-refractivity contribution in [3.8, 4) is 11.5 Å². The monoisotopic (exact) mass is 536 g/mol. The molecule has 0 unspecified atom stereocenters. The van der Waals surface area contributed by atoms with Gasteiger partial charge in [-0.25, -0.2) is 0 Å². The molecular weight excluding hydrogens is 507 g/mol. The Bertz CT molecular complexity index is 935.